The summed E-state index contributed by atoms with van der Waals surface area (Å²) in [6, 6.07) is 23.6. The Morgan fingerprint density at radius 2 is 1.55 bits per heavy atom. The van der Waals surface area contributed by atoms with Gasteiger partial charge in [0.25, 0.3) is 11.8 Å². The van der Waals surface area contributed by atoms with Crippen molar-refractivity contribution in [3.05, 3.63) is 95.6 Å². The van der Waals surface area contributed by atoms with Crippen LogP contribution in [-0.4, -0.2) is 30.4 Å². The van der Waals surface area contributed by atoms with Crippen LogP contribution in [0.3, 0.4) is 0 Å². The number of anilines is 1. The lowest BCUT2D eigenvalue weighted by Gasteiger charge is -2.19. The van der Waals surface area contributed by atoms with Gasteiger partial charge in [-0.25, -0.2) is 0 Å². The van der Waals surface area contributed by atoms with Crippen molar-refractivity contribution < 1.29 is 14.3 Å². The first kappa shape index (κ1) is 20.1. The lowest BCUT2D eigenvalue weighted by molar-refractivity contribution is 0.0786. The normalized spacial score (nSPS) is 10.3. The first-order chi connectivity index (χ1) is 14.1. The molecule has 0 saturated carbocycles. The highest BCUT2D eigenvalue weighted by Crippen LogP contribution is 2.20. The summed E-state index contributed by atoms with van der Waals surface area (Å²) < 4.78 is 5.45. The Kier molecular flexibility index (Phi) is 6.63. The molecule has 5 heteroatoms. The summed E-state index contributed by atoms with van der Waals surface area (Å²) in [5, 5.41) is 2.84. The van der Waals surface area contributed by atoms with Crippen molar-refractivity contribution in [1.82, 2.24) is 4.90 Å². The number of hydrogen-bond acceptors (Lipinski definition) is 3. The third-order valence-electron chi connectivity index (χ3n) is 4.44. The molecule has 0 fully saturated rings. The van der Waals surface area contributed by atoms with Crippen LogP contribution in [0.2, 0.25) is 0 Å². The highest BCUT2D eigenvalue weighted by atomic mass is 16.5. The van der Waals surface area contributed by atoms with Gasteiger partial charge in [-0.2, -0.15) is 0 Å². The molecule has 0 radical (unpaired) electrons. The van der Waals surface area contributed by atoms with Gasteiger partial charge in [0, 0.05) is 19.2 Å². The third kappa shape index (κ3) is 5.23. The van der Waals surface area contributed by atoms with Gasteiger partial charge in [0.1, 0.15) is 5.75 Å². The molecule has 0 heterocycles. The standard InChI is InChI=1S/C24H24N2O3/c1-3-29-20-15-13-18(14-16-20)17-26(2)24(28)21-11-7-8-12-22(21)25-23(27)19-9-5-4-6-10-19/h4-16H,3,17H2,1-2H3,(H,25,27). The second kappa shape index (κ2) is 9.55. The molecule has 3 aromatic rings. The molecular weight excluding hydrogens is 364 g/mol. The zero-order chi connectivity index (χ0) is 20.6. The molecule has 0 aliphatic rings. The van der Waals surface area contributed by atoms with Gasteiger partial charge in [-0.05, 0) is 48.9 Å². The van der Waals surface area contributed by atoms with Crippen LogP contribution in [0.15, 0.2) is 78.9 Å². The summed E-state index contributed by atoms with van der Waals surface area (Å²) in [4.78, 5) is 27.1. The molecule has 3 aromatic carbocycles. The van der Waals surface area contributed by atoms with E-state index in [9.17, 15) is 9.59 Å². The van der Waals surface area contributed by atoms with Crippen LogP contribution in [-0.2, 0) is 6.54 Å². The average molecular weight is 388 g/mol. The van der Waals surface area contributed by atoms with Crippen LogP contribution in [0.4, 0.5) is 5.69 Å². The second-order valence-corrected chi connectivity index (χ2v) is 6.60. The van der Waals surface area contributed by atoms with Crippen molar-refractivity contribution in [3.8, 4) is 5.75 Å². The van der Waals surface area contributed by atoms with Gasteiger partial charge in [-0.3, -0.25) is 9.59 Å². The molecule has 148 valence electrons. The molecule has 1 N–H and O–H groups in total. The van der Waals surface area contributed by atoms with Crippen molar-refractivity contribution >= 4 is 17.5 Å². The number of para-hydroxylation sites is 1. The quantitative estimate of drug-likeness (QED) is 0.643. The number of ether oxygens (including phenoxy) is 1. The van der Waals surface area contributed by atoms with Crippen molar-refractivity contribution in [2.75, 3.05) is 19.0 Å². The molecular formula is C24H24N2O3. The molecule has 5 nitrogen and oxygen atoms in total. The fraction of sp³-hybridized carbons (Fsp3) is 0.167. The first-order valence-corrected chi connectivity index (χ1v) is 9.51. The molecule has 29 heavy (non-hydrogen) atoms. The minimum atomic E-state index is -0.250. The van der Waals surface area contributed by atoms with Crippen LogP contribution in [0.1, 0.15) is 33.2 Å². The topological polar surface area (TPSA) is 58.6 Å². The number of rotatable bonds is 7. The smallest absolute Gasteiger partial charge is 0.256 e. The van der Waals surface area contributed by atoms with E-state index in [0.717, 1.165) is 11.3 Å². The van der Waals surface area contributed by atoms with Gasteiger partial charge in [0.15, 0.2) is 0 Å². The summed E-state index contributed by atoms with van der Waals surface area (Å²) in [6.07, 6.45) is 0. The maximum atomic E-state index is 13.0. The van der Waals surface area contributed by atoms with Crippen molar-refractivity contribution in [2.24, 2.45) is 0 Å². The van der Waals surface area contributed by atoms with Gasteiger partial charge < -0.3 is 15.0 Å². The van der Waals surface area contributed by atoms with Gasteiger partial charge >= 0.3 is 0 Å². The zero-order valence-electron chi connectivity index (χ0n) is 16.6. The fourth-order valence-corrected chi connectivity index (χ4v) is 2.97. The van der Waals surface area contributed by atoms with Gasteiger partial charge in [-0.15, -0.1) is 0 Å². The highest BCUT2D eigenvalue weighted by Gasteiger charge is 2.17. The van der Waals surface area contributed by atoms with E-state index in [1.165, 1.54) is 0 Å². The third-order valence-corrected chi connectivity index (χ3v) is 4.44. The van der Waals surface area contributed by atoms with E-state index in [2.05, 4.69) is 5.32 Å². The molecule has 0 aliphatic heterocycles. The minimum absolute atomic E-state index is 0.164. The molecule has 2 amide bonds. The van der Waals surface area contributed by atoms with Gasteiger partial charge in [0.05, 0.1) is 17.9 Å². The number of carbonyl (C=O) groups excluding carboxylic acids is 2. The lowest BCUT2D eigenvalue weighted by atomic mass is 10.1. The number of amides is 2. The predicted octanol–water partition coefficient (Wildman–Crippen LogP) is 4.61. The van der Waals surface area contributed by atoms with Crippen LogP contribution in [0, 0.1) is 0 Å². The summed E-state index contributed by atoms with van der Waals surface area (Å²) in [6.45, 7) is 3.00. The Morgan fingerprint density at radius 3 is 2.24 bits per heavy atom. The van der Waals surface area contributed by atoms with E-state index in [4.69, 9.17) is 4.74 Å². The Morgan fingerprint density at radius 1 is 0.897 bits per heavy atom. The zero-order valence-corrected chi connectivity index (χ0v) is 16.6. The summed E-state index contributed by atoms with van der Waals surface area (Å²) in [5.74, 6) is 0.391. The van der Waals surface area contributed by atoms with Crippen LogP contribution in [0.25, 0.3) is 0 Å². The number of benzene rings is 3. The predicted molar refractivity (Wildman–Crippen MR) is 114 cm³/mol. The molecule has 3 rings (SSSR count). The van der Waals surface area contributed by atoms with Crippen LogP contribution in [0.5, 0.6) is 5.75 Å². The molecule has 0 aromatic heterocycles. The lowest BCUT2D eigenvalue weighted by Crippen LogP contribution is -2.27. The van der Waals surface area contributed by atoms with Crippen molar-refractivity contribution in [3.63, 3.8) is 0 Å². The largest absolute Gasteiger partial charge is 0.494 e. The molecule has 0 atom stereocenters. The van der Waals surface area contributed by atoms with E-state index in [1.54, 1.807) is 60.5 Å². The number of nitrogens with one attached hydrogen (secondary N) is 1. The molecule has 0 aliphatic carbocycles. The van der Waals surface area contributed by atoms with Crippen LogP contribution >= 0.6 is 0 Å². The molecule has 0 unspecified atom stereocenters. The number of hydrogen-bond donors (Lipinski definition) is 1. The van der Waals surface area contributed by atoms with Crippen molar-refractivity contribution in [2.45, 2.75) is 13.5 Å². The summed E-state index contributed by atoms with van der Waals surface area (Å²) in [5.41, 5.74) is 2.47. The Bertz CT molecular complexity index is 969. The monoisotopic (exact) mass is 388 g/mol. The second-order valence-electron chi connectivity index (χ2n) is 6.60. The number of carbonyl (C=O) groups is 2. The SMILES string of the molecule is CCOc1ccc(CN(C)C(=O)c2ccccc2NC(=O)c2ccccc2)cc1. The van der Waals surface area contributed by atoms with E-state index in [1.807, 2.05) is 37.3 Å². The maximum Gasteiger partial charge on any atom is 0.256 e. The van der Waals surface area contributed by atoms with Gasteiger partial charge in [-0.1, -0.05) is 42.5 Å². The number of nitrogens with zero attached hydrogens (tertiary/aromatic N) is 1. The van der Waals surface area contributed by atoms with Crippen molar-refractivity contribution in [1.29, 1.82) is 0 Å². The van der Waals surface area contributed by atoms with Gasteiger partial charge in [0.2, 0.25) is 0 Å². The Labute approximate surface area is 170 Å². The van der Waals surface area contributed by atoms with Crippen LogP contribution < -0.4 is 10.1 Å². The highest BCUT2D eigenvalue weighted by molar-refractivity contribution is 6.08. The van der Waals surface area contributed by atoms with E-state index in [-0.39, 0.29) is 11.8 Å². The molecule has 0 saturated heterocycles. The average Bonchev–Trinajstić information content (AvgIpc) is 2.76. The van der Waals surface area contributed by atoms with E-state index < -0.39 is 0 Å². The molecule has 0 spiro atoms. The Hall–Kier alpha value is -3.60. The first-order valence-electron chi connectivity index (χ1n) is 9.51. The fourth-order valence-electron chi connectivity index (χ4n) is 2.97. The Balaban J connectivity index is 1.72. The summed E-state index contributed by atoms with van der Waals surface area (Å²) in [7, 11) is 1.74. The van der Waals surface area contributed by atoms with E-state index in [0.29, 0.717) is 30.0 Å². The summed E-state index contributed by atoms with van der Waals surface area (Å²) >= 11 is 0. The minimum Gasteiger partial charge on any atom is -0.494 e. The van der Waals surface area contributed by atoms with E-state index >= 15 is 0 Å². The molecule has 0 bridgehead atoms. The maximum absolute atomic E-state index is 13.0.